The SMILES string of the molecule is FC(F)(F)Oc1ccc(OC2CCC2)c([C@H]2CO[C@]3(CCCN[C@H]3c3ccccc3)C2)c1. The minimum absolute atomic E-state index is 0.0491. The second kappa shape index (κ2) is 8.60. The van der Waals surface area contributed by atoms with Crippen molar-refractivity contribution in [1.29, 1.82) is 0 Å². The lowest BCUT2D eigenvalue weighted by Crippen LogP contribution is -2.48. The molecule has 1 N–H and O–H groups in total. The molecule has 1 spiro atoms. The Balaban J connectivity index is 1.44. The zero-order chi connectivity index (χ0) is 22.2. The Labute approximate surface area is 186 Å². The average Bonchev–Trinajstić information content (AvgIpc) is 3.15. The van der Waals surface area contributed by atoms with Gasteiger partial charge in [-0.15, -0.1) is 13.2 Å². The second-order valence-corrected chi connectivity index (χ2v) is 9.10. The van der Waals surface area contributed by atoms with Gasteiger partial charge in [0.05, 0.1) is 24.4 Å². The van der Waals surface area contributed by atoms with Crippen molar-refractivity contribution in [2.45, 2.75) is 68.6 Å². The lowest BCUT2D eigenvalue weighted by molar-refractivity contribution is -0.274. The Morgan fingerprint density at radius 3 is 2.56 bits per heavy atom. The molecular weight excluding hydrogens is 419 g/mol. The molecule has 3 aliphatic rings. The molecule has 2 aromatic carbocycles. The largest absolute Gasteiger partial charge is 0.573 e. The summed E-state index contributed by atoms with van der Waals surface area (Å²) in [4.78, 5) is 0. The van der Waals surface area contributed by atoms with Crippen LogP contribution in [0.5, 0.6) is 11.5 Å². The van der Waals surface area contributed by atoms with Gasteiger partial charge in [-0.2, -0.15) is 0 Å². The third-order valence-electron chi connectivity index (χ3n) is 6.95. The number of piperidine rings is 1. The van der Waals surface area contributed by atoms with Gasteiger partial charge in [-0.1, -0.05) is 30.3 Å². The van der Waals surface area contributed by atoms with Gasteiger partial charge in [0, 0.05) is 11.5 Å². The highest BCUT2D eigenvalue weighted by Crippen LogP contribution is 2.50. The van der Waals surface area contributed by atoms with Crippen molar-refractivity contribution in [3.05, 3.63) is 59.7 Å². The summed E-state index contributed by atoms with van der Waals surface area (Å²) in [7, 11) is 0. The number of hydrogen-bond donors (Lipinski definition) is 1. The molecule has 2 aliphatic heterocycles. The van der Waals surface area contributed by atoms with E-state index in [0.29, 0.717) is 12.4 Å². The fourth-order valence-electron chi connectivity index (χ4n) is 5.23. The Morgan fingerprint density at radius 1 is 1.03 bits per heavy atom. The van der Waals surface area contributed by atoms with Gasteiger partial charge in [0.25, 0.3) is 0 Å². The van der Waals surface area contributed by atoms with E-state index in [1.54, 1.807) is 6.07 Å². The molecule has 2 heterocycles. The predicted molar refractivity (Wildman–Crippen MR) is 114 cm³/mol. The zero-order valence-corrected chi connectivity index (χ0v) is 17.9. The molecule has 0 aromatic heterocycles. The molecule has 2 saturated heterocycles. The van der Waals surface area contributed by atoms with Crippen LogP contribution in [-0.2, 0) is 4.74 Å². The van der Waals surface area contributed by atoms with E-state index >= 15 is 0 Å². The summed E-state index contributed by atoms with van der Waals surface area (Å²) in [5.74, 6) is 0.374. The number of halogens is 3. The fraction of sp³-hybridized carbons (Fsp3) is 0.520. The molecule has 0 unspecified atom stereocenters. The Bertz CT molecular complexity index is 932. The van der Waals surface area contributed by atoms with E-state index in [2.05, 4.69) is 22.2 Å². The first-order valence-corrected chi connectivity index (χ1v) is 11.4. The maximum Gasteiger partial charge on any atom is 0.573 e. The highest BCUT2D eigenvalue weighted by Gasteiger charge is 2.49. The Hall–Kier alpha value is -2.25. The van der Waals surface area contributed by atoms with Crippen LogP contribution in [0.4, 0.5) is 13.2 Å². The van der Waals surface area contributed by atoms with Gasteiger partial charge in [0.1, 0.15) is 11.5 Å². The summed E-state index contributed by atoms with van der Waals surface area (Å²) in [6, 6.07) is 14.7. The molecule has 1 aliphatic carbocycles. The second-order valence-electron chi connectivity index (χ2n) is 9.10. The third kappa shape index (κ3) is 4.46. The summed E-state index contributed by atoms with van der Waals surface area (Å²) >= 11 is 0. The minimum Gasteiger partial charge on any atom is -0.490 e. The van der Waals surface area contributed by atoms with Crippen molar-refractivity contribution in [3.8, 4) is 11.5 Å². The first kappa shape index (κ1) is 21.6. The van der Waals surface area contributed by atoms with Crippen LogP contribution in [0.25, 0.3) is 0 Å². The van der Waals surface area contributed by atoms with E-state index in [-0.39, 0.29) is 29.4 Å². The lowest BCUT2D eigenvalue weighted by Gasteiger charge is -2.41. The van der Waals surface area contributed by atoms with E-state index < -0.39 is 6.36 Å². The summed E-state index contributed by atoms with van der Waals surface area (Å²) in [5.41, 5.74) is 1.53. The van der Waals surface area contributed by atoms with E-state index in [4.69, 9.17) is 9.47 Å². The summed E-state index contributed by atoms with van der Waals surface area (Å²) in [5, 5.41) is 3.62. The predicted octanol–water partition coefficient (Wildman–Crippen LogP) is 5.88. The van der Waals surface area contributed by atoms with Crippen molar-refractivity contribution in [2.24, 2.45) is 0 Å². The number of rotatable bonds is 5. The van der Waals surface area contributed by atoms with Crippen LogP contribution in [0.3, 0.4) is 0 Å². The van der Waals surface area contributed by atoms with Gasteiger partial charge in [0.15, 0.2) is 0 Å². The highest BCUT2D eigenvalue weighted by molar-refractivity contribution is 5.44. The van der Waals surface area contributed by atoms with Crippen molar-refractivity contribution in [3.63, 3.8) is 0 Å². The van der Waals surface area contributed by atoms with Crippen molar-refractivity contribution >= 4 is 0 Å². The summed E-state index contributed by atoms with van der Waals surface area (Å²) in [6.07, 6.45) is 1.11. The maximum absolute atomic E-state index is 12.9. The molecule has 7 heteroatoms. The van der Waals surface area contributed by atoms with Gasteiger partial charge >= 0.3 is 6.36 Å². The smallest absolute Gasteiger partial charge is 0.490 e. The maximum atomic E-state index is 12.9. The van der Waals surface area contributed by atoms with Gasteiger partial charge < -0.3 is 19.5 Å². The molecule has 4 nitrogen and oxygen atoms in total. The van der Waals surface area contributed by atoms with Crippen LogP contribution in [0.1, 0.15) is 61.6 Å². The van der Waals surface area contributed by atoms with Gasteiger partial charge in [-0.25, -0.2) is 0 Å². The van der Waals surface area contributed by atoms with Crippen molar-refractivity contribution in [2.75, 3.05) is 13.2 Å². The molecule has 1 saturated carbocycles. The van der Waals surface area contributed by atoms with E-state index in [1.807, 2.05) is 18.2 Å². The zero-order valence-electron chi connectivity index (χ0n) is 17.9. The van der Waals surface area contributed by atoms with Crippen molar-refractivity contribution in [1.82, 2.24) is 5.32 Å². The molecule has 2 aromatic rings. The average molecular weight is 447 g/mol. The van der Waals surface area contributed by atoms with Gasteiger partial charge in [0.2, 0.25) is 0 Å². The van der Waals surface area contributed by atoms with Crippen LogP contribution in [-0.4, -0.2) is 31.2 Å². The molecule has 172 valence electrons. The number of benzene rings is 2. The first-order chi connectivity index (χ1) is 15.4. The van der Waals surface area contributed by atoms with Crippen molar-refractivity contribution < 1.29 is 27.4 Å². The number of hydrogen-bond acceptors (Lipinski definition) is 4. The fourth-order valence-corrected chi connectivity index (χ4v) is 5.23. The highest BCUT2D eigenvalue weighted by atomic mass is 19.4. The minimum atomic E-state index is -4.73. The molecule has 5 rings (SSSR count). The molecule has 32 heavy (non-hydrogen) atoms. The third-order valence-corrected chi connectivity index (χ3v) is 6.95. The van der Waals surface area contributed by atoms with E-state index in [9.17, 15) is 13.2 Å². The molecule has 3 atom stereocenters. The summed E-state index contributed by atoms with van der Waals surface area (Å²) in [6.45, 7) is 1.36. The van der Waals surface area contributed by atoms with E-state index in [0.717, 1.165) is 50.6 Å². The first-order valence-electron chi connectivity index (χ1n) is 11.4. The van der Waals surface area contributed by atoms with Crippen LogP contribution < -0.4 is 14.8 Å². The van der Waals surface area contributed by atoms with Gasteiger partial charge in [-0.3, -0.25) is 0 Å². The standard InChI is InChI=1S/C25H28F3NO3/c26-25(27,28)32-20-10-11-22(31-19-8-4-9-19)21(14-20)18-15-24(30-16-18)12-5-13-29-23(24)17-6-2-1-3-7-17/h1-3,6-7,10-11,14,18-19,23,29H,4-5,8-9,12-13,15-16H2/t18-,23+,24-/m1/s1. The molecular formula is C25H28F3NO3. The molecule has 0 bridgehead atoms. The van der Waals surface area contributed by atoms with Crippen LogP contribution in [0.15, 0.2) is 48.5 Å². The van der Waals surface area contributed by atoms with E-state index in [1.165, 1.54) is 17.7 Å². The monoisotopic (exact) mass is 447 g/mol. The molecule has 3 fully saturated rings. The Morgan fingerprint density at radius 2 is 1.84 bits per heavy atom. The Kier molecular flexibility index (Phi) is 5.80. The van der Waals surface area contributed by atoms with Crippen LogP contribution >= 0.6 is 0 Å². The molecule has 0 radical (unpaired) electrons. The van der Waals surface area contributed by atoms with Crippen LogP contribution in [0.2, 0.25) is 0 Å². The quantitative estimate of drug-likeness (QED) is 0.621. The molecule has 0 amide bonds. The number of alkyl halides is 3. The normalized spacial score (nSPS) is 28.5. The lowest BCUT2D eigenvalue weighted by atomic mass is 9.77. The van der Waals surface area contributed by atoms with Gasteiger partial charge in [-0.05, 0) is 68.8 Å². The van der Waals surface area contributed by atoms with Crippen LogP contribution in [0, 0.1) is 0 Å². The topological polar surface area (TPSA) is 39.7 Å². The summed E-state index contributed by atoms with van der Waals surface area (Å²) < 4.78 is 55.4. The number of ether oxygens (including phenoxy) is 3. The number of nitrogens with one attached hydrogen (secondary N) is 1.